The van der Waals surface area contributed by atoms with E-state index in [0.717, 1.165) is 6.26 Å². The zero-order valence-corrected chi connectivity index (χ0v) is 48.2. The van der Waals surface area contributed by atoms with E-state index in [1.807, 2.05) is 0 Å². The average Bonchev–Trinajstić information content (AvgIpc) is 3.43. The Hall–Kier alpha value is -1.05. The molecule has 0 amide bonds. The summed E-state index contributed by atoms with van der Waals surface area (Å²) in [7, 11) is -1.79. The average molecular weight is 1170 g/mol. The van der Waals surface area contributed by atoms with Crippen molar-refractivity contribution in [1.29, 1.82) is 0 Å². The third-order valence-electron chi connectivity index (χ3n) is 9.14. The highest BCUT2D eigenvalue weighted by Crippen LogP contribution is 1.92. The molecule has 27 nitrogen and oxygen atoms in total. The van der Waals surface area contributed by atoms with Crippen LogP contribution in [0.3, 0.4) is 0 Å². The first-order chi connectivity index (χ1) is 38.6. The monoisotopic (exact) mass is 1170 g/mol. The first-order valence-corrected chi connectivity index (χ1v) is 29.0. The van der Waals surface area contributed by atoms with Crippen molar-refractivity contribution in [1.82, 2.24) is 0 Å². The molecule has 28 heteroatoms. The lowest BCUT2D eigenvalue weighted by atomic mass is 10.6. The molecule has 0 aliphatic carbocycles. The summed E-state index contributed by atoms with van der Waals surface area (Å²) >= 11 is 0. The van der Waals surface area contributed by atoms with E-state index in [0.29, 0.717) is 304 Å². The van der Waals surface area contributed by atoms with Crippen LogP contribution in [0, 0.1) is 0 Å². The highest BCUT2D eigenvalue weighted by Gasteiger charge is 2.02. The maximum atomic E-state index is 10.8. The molecule has 78 heavy (non-hydrogen) atoms. The van der Waals surface area contributed by atoms with E-state index in [4.69, 9.17) is 114 Å². The molecular formula is C50H102O27S. The van der Waals surface area contributed by atoms with Gasteiger partial charge in [0.1, 0.15) is 0 Å². The number of hydrogen-bond acceptors (Lipinski definition) is 27. The molecule has 0 aromatic carbocycles. The van der Waals surface area contributed by atoms with Gasteiger partial charge in [-0.05, 0) is 0 Å². The Balaban J connectivity index is 3.09. The van der Waals surface area contributed by atoms with Gasteiger partial charge in [-0.3, -0.25) is 4.18 Å². The lowest BCUT2D eigenvalue weighted by Gasteiger charge is -2.09. The van der Waals surface area contributed by atoms with Crippen molar-refractivity contribution in [3.63, 3.8) is 0 Å². The van der Waals surface area contributed by atoms with E-state index in [2.05, 4.69) is 4.18 Å². The van der Waals surface area contributed by atoms with Crippen molar-refractivity contribution in [2.24, 2.45) is 0 Å². The Bertz CT molecular complexity index is 1190. The second kappa shape index (κ2) is 70.2. The molecule has 0 fully saturated rings. The van der Waals surface area contributed by atoms with E-state index in [1.54, 1.807) is 7.11 Å². The van der Waals surface area contributed by atoms with Gasteiger partial charge < -0.3 is 114 Å². The molecule has 0 N–H and O–H groups in total. The lowest BCUT2D eigenvalue weighted by molar-refractivity contribution is -0.0319. The van der Waals surface area contributed by atoms with Crippen LogP contribution in [0.5, 0.6) is 0 Å². The second-order valence-electron chi connectivity index (χ2n) is 15.6. The van der Waals surface area contributed by atoms with Crippen LogP contribution in [-0.4, -0.2) is 339 Å². The molecule has 470 valence electrons. The first-order valence-electron chi connectivity index (χ1n) is 27.2. The van der Waals surface area contributed by atoms with Crippen LogP contribution in [0.15, 0.2) is 0 Å². The van der Waals surface area contributed by atoms with Crippen molar-refractivity contribution < 1.29 is 126 Å². The molecule has 0 atom stereocenters. The molecule has 0 saturated carbocycles. The molecule has 0 unspecified atom stereocenters. The SMILES string of the molecule is COCCOCCOCCOCCOCCOCCOCCOCCOCCOCCOCCOCCOCCOCCOCCOCCOCCOCCOCCOCCOCCOCCOCCOCCOS(C)(=O)=O. The van der Waals surface area contributed by atoms with Gasteiger partial charge in [0, 0.05) is 7.11 Å². The summed E-state index contributed by atoms with van der Waals surface area (Å²) < 4.78 is 157. The molecular weight excluding hydrogens is 1060 g/mol. The Morgan fingerprint density at radius 3 is 0.346 bits per heavy atom. The highest BCUT2D eigenvalue weighted by atomic mass is 32.2. The number of methoxy groups -OCH3 is 1. The van der Waals surface area contributed by atoms with Crippen LogP contribution < -0.4 is 0 Å². The molecule has 0 aliphatic heterocycles. The van der Waals surface area contributed by atoms with Gasteiger partial charge in [-0.15, -0.1) is 0 Å². The normalized spacial score (nSPS) is 12.0. The fourth-order valence-corrected chi connectivity index (χ4v) is 5.70. The molecule has 0 saturated heterocycles. The van der Waals surface area contributed by atoms with Crippen LogP contribution >= 0.6 is 0 Å². The van der Waals surface area contributed by atoms with E-state index < -0.39 is 10.1 Å². The molecule has 0 aromatic heterocycles. The van der Waals surface area contributed by atoms with Crippen LogP contribution in [0.4, 0.5) is 0 Å². The molecule has 0 heterocycles. The van der Waals surface area contributed by atoms with E-state index in [9.17, 15) is 8.42 Å². The minimum atomic E-state index is -3.44. The molecule has 0 bridgehead atoms. The summed E-state index contributed by atoms with van der Waals surface area (Å²) in [6.45, 7) is 22.4. The summed E-state index contributed by atoms with van der Waals surface area (Å²) in [5.41, 5.74) is 0. The largest absolute Gasteiger partial charge is 0.382 e. The molecule has 0 radical (unpaired) electrons. The third kappa shape index (κ3) is 75.0. The third-order valence-corrected chi connectivity index (χ3v) is 9.74. The topological polar surface area (TPSA) is 265 Å². The molecule has 0 spiro atoms. The van der Waals surface area contributed by atoms with Gasteiger partial charge >= 0.3 is 0 Å². The van der Waals surface area contributed by atoms with Gasteiger partial charge in [0.05, 0.1) is 323 Å². The summed E-state index contributed by atoms with van der Waals surface area (Å²) in [5.74, 6) is 0. The predicted octanol–water partition coefficient (Wildman–Crippen LogP) is -0.00920. The van der Waals surface area contributed by atoms with E-state index >= 15 is 0 Å². The maximum Gasteiger partial charge on any atom is 0.264 e. The number of ether oxygens (including phenoxy) is 24. The van der Waals surface area contributed by atoms with Gasteiger partial charge in [-0.25, -0.2) is 0 Å². The molecule has 0 aliphatic rings. The molecule has 0 rings (SSSR count). The summed E-state index contributed by atoms with van der Waals surface area (Å²) in [5, 5.41) is 0. The van der Waals surface area contributed by atoms with Crippen LogP contribution in [0.2, 0.25) is 0 Å². The Labute approximate surface area is 465 Å². The van der Waals surface area contributed by atoms with Gasteiger partial charge in [-0.1, -0.05) is 0 Å². The first kappa shape index (κ1) is 77.0. The number of rotatable bonds is 73. The second-order valence-corrected chi connectivity index (χ2v) is 17.2. The standard InChI is InChI=1S/C50H102O27S/c1-53-3-4-54-5-6-55-7-8-56-9-10-57-11-12-58-13-14-59-15-16-60-17-18-61-19-20-62-21-22-63-23-24-64-25-26-65-27-28-66-29-30-67-31-32-68-33-34-69-35-36-70-37-38-71-39-40-72-41-42-73-43-44-74-45-46-75-47-48-76-49-50-77-78(2,51)52/h3-50H2,1-2H3. The van der Waals surface area contributed by atoms with Crippen LogP contribution in [0.1, 0.15) is 0 Å². The van der Waals surface area contributed by atoms with Crippen molar-refractivity contribution >= 4 is 10.1 Å². The Kier molecular flexibility index (Phi) is 69.3. The quantitative estimate of drug-likeness (QED) is 0.0573. The van der Waals surface area contributed by atoms with Crippen LogP contribution in [-0.2, 0) is 128 Å². The maximum absolute atomic E-state index is 10.8. The zero-order valence-electron chi connectivity index (χ0n) is 47.4. The van der Waals surface area contributed by atoms with E-state index in [-0.39, 0.29) is 13.2 Å². The van der Waals surface area contributed by atoms with Crippen molar-refractivity contribution in [2.75, 3.05) is 330 Å². The van der Waals surface area contributed by atoms with Gasteiger partial charge in [0.25, 0.3) is 10.1 Å². The minimum absolute atomic E-state index is 0.0105. The minimum Gasteiger partial charge on any atom is -0.382 e. The van der Waals surface area contributed by atoms with Gasteiger partial charge in [0.15, 0.2) is 0 Å². The summed E-state index contributed by atoms with van der Waals surface area (Å²) in [6, 6.07) is 0. The van der Waals surface area contributed by atoms with Gasteiger partial charge in [-0.2, -0.15) is 8.42 Å². The van der Waals surface area contributed by atoms with Crippen molar-refractivity contribution in [2.45, 2.75) is 0 Å². The summed E-state index contributed by atoms with van der Waals surface area (Å²) in [6.07, 6.45) is 0.994. The fraction of sp³-hybridized carbons (Fsp3) is 1.00. The number of hydrogen-bond donors (Lipinski definition) is 0. The fourth-order valence-electron chi connectivity index (χ4n) is 5.33. The van der Waals surface area contributed by atoms with Gasteiger partial charge in [0.2, 0.25) is 0 Å². The lowest BCUT2D eigenvalue weighted by Crippen LogP contribution is -2.16. The van der Waals surface area contributed by atoms with Crippen molar-refractivity contribution in [3.8, 4) is 0 Å². The van der Waals surface area contributed by atoms with Crippen molar-refractivity contribution in [3.05, 3.63) is 0 Å². The zero-order chi connectivity index (χ0) is 56.1. The Morgan fingerprint density at radius 1 is 0.167 bits per heavy atom. The van der Waals surface area contributed by atoms with Crippen LogP contribution in [0.25, 0.3) is 0 Å². The highest BCUT2D eigenvalue weighted by molar-refractivity contribution is 7.85. The predicted molar refractivity (Wildman–Crippen MR) is 282 cm³/mol. The molecule has 0 aromatic rings. The van der Waals surface area contributed by atoms with E-state index in [1.165, 1.54) is 0 Å². The smallest absolute Gasteiger partial charge is 0.264 e. The Morgan fingerprint density at radius 2 is 0.256 bits per heavy atom. The summed E-state index contributed by atoms with van der Waals surface area (Å²) in [4.78, 5) is 0.